The van der Waals surface area contributed by atoms with E-state index in [1.165, 1.54) is 19.2 Å². The van der Waals surface area contributed by atoms with Crippen molar-refractivity contribution in [2.75, 3.05) is 34.5 Å². The number of hydrogen-bond donors (Lipinski definition) is 1. The lowest BCUT2D eigenvalue weighted by molar-refractivity contribution is 0.171. The highest BCUT2D eigenvalue weighted by atomic mass is 16.5. The van der Waals surface area contributed by atoms with Crippen LogP contribution in [0.3, 0.4) is 0 Å². The molecule has 1 aromatic heterocycles. The largest absolute Gasteiger partial charge is 0.481 e. The van der Waals surface area contributed by atoms with Crippen LogP contribution in [0.5, 0.6) is 11.8 Å². The molecular weight excluding hydrogens is 258 g/mol. The normalized spacial score (nSPS) is 15.9. The molecule has 0 bridgehead atoms. The summed E-state index contributed by atoms with van der Waals surface area (Å²) in [6, 6.07) is 0. The first-order valence-electron chi connectivity index (χ1n) is 6.86. The van der Waals surface area contributed by atoms with Crippen molar-refractivity contribution in [3.8, 4) is 11.8 Å². The Morgan fingerprint density at radius 2 is 1.80 bits per heavy atom. The van der Waals surface area contributed by atoms with Crippen LogP contribution in [-0.2, 0) is 11.3 Å². The summed E-state index contributed by atoms with van der Waals surface area (Å²) < 4.78 is 15.7. The molecule has 0 radical (unpaired) electrons. The van der Waals surface area contributed by atoms with Gasteiger partial charge in [0.2, 0.25) is 11.8 Å². The van der Waals surface area contributed by atoms with Crippen molar-refractivity contribution >= 4 is 0 Å². The number of rotatable bonds is 9. The zero-order valence-electron chi connectivity index (χ0n) is 12.4. The molecular formula is C14H23N3O3. The molecule has 1 fully saturated rings. The maximum absolute atomic E-state index is 5.26. The standard InChI is InChI=1S/C14H23N3O3/c1-18-7-6-14(4-5-14)9-15-8-11-12(19-2)16-10-17-13(11)20-3/h10,15H,4-9H2,1-3H3. The maximum Gasteiger partial charge on any atom is 0.224 e. The molecule has 0 amide bonds. The zero-order chi connectivity index (χ0) is 14.4. The van der Waals surface area contributed by atoms with Gasteiger partial charge in [-0.05, 0) is 24.7 Å². The van der Waals surface area contributed by atoms with Crippen molar-refractivity contribution < 1.29 is 14.2 Å². The summed E-state index contributed by atoms with van der Waals surface area (Å²) in [5.41, 5.74) is 1.27. The third-order valence-corrected chi connectivity index (χ3v) is 3.85. The summed E-state index contributed by atoms with van der Waals surface area (Å²) in [6.07, 6.45) is 5.09. The Labute approximate surface area is 119 Å². The van der Waals surface area contributed by atoms with Crippen molar-refractivity contribution in [2.24, 2.45) is 5.41 Å². The molecule has 20 heavy (non-hydrogen) atoms. The predicted molar refractivity (Wildman–Crippen MR) is 75.0 cm³/mol. The maximum atomic E-state index is 5.26. The van der Waals surface area contributed by atoms with Gasteiger partial charge in [0.05, 0.1) is 19.8 Å². The molecule has 6 heteroatoms. The third kappa shape index (κ3) is 3.58. The van der Waals surface area contributed by atoms with Gasteiger partial charge in [0.1, 0.15) is 6.33 Å². The lowest BCUT2D eigenvalue weighted by Gasteiger charge is -2.16. The van der Waals surface area contributed by atoms with Crippen LogP contribution in [0.1, 0.15) is 24.8 Å². The monoisotopic (exact) mass is 281 g/mol. The molecule has 1 aliphatic rings. The molecule has 1 aliphatic carbocycles. The number of nitrogens with zero attached hydrogens (tertiary/aromatic N) is 2. The minimum Gasteiger partial charge on any atom is -0.481 e. The number of ether oxygens (including phenoxy) is 3. The number of aromatic nitrogens is 2. The van der Waals surface area contributed by atoms with Crippen molar-refractivity contribution in [3.63, 3.8) is 0 Å². The van der Waals surface area contributed by atoms with Crippen LogP contribution in [-0.4, -0.2) is 44.4 Å². The molecule has 1 saturated carbocycles. The van der Waals surface area contributed by atoms with Crippen molar-refractivity contribution in [1.29, 1.82) is 0 Å². The van der Waals surface area contributed by atoms with Crippen LogP contribution < -0.4 is 14.8 Å². The number of hydrogen-bond acceptors (Lipinski definition) is 6. The van der Waals surface area contributed by atoms with Gasteiger partial charge < -0.3 is 19.5 Å². The van der Waals surface area contributed by atoms with E-state index < -0.39 is 0 Å². The predicted octanol–water partition coefficient (Wildman–Crippen LogP) is 1.40. The Morgan fingerprint density at radius 3 is 2.30 bits per heavy atom. The van der Waals surface area contributed by atoms with E-state index in [0.717, 1.165) is 25.1 Å². The molecule has 0 aliphatic heterocycles. The van der Waals surface area contributed by atoms with Crippen LogP contribution >= 0.6 is 0 Å². The second kappa shape index (κ2) is 6.85. The van der Waals surface area contributed by atoms with Gasteiger partial charge in [-0.2, -0.15) is 0 Å². The van der Waals surface area contributed by atoms with E-state index >= 15 is 0 Å². The Kier molecular flexibility index (Phi) is 5.14. The second-order valence-electron chi connectivity index (χ2n) is 5.22. The fourth-order valence-corrected chi connectivity index (χ4v) is 2.35. The molecule has 0 aromatic carbocycles. The van der Waals surface area contributed by atoms with Gasteiger partial charge >= 0.3 is 0 Å². The lowest BCUT2D eigenvalue weighted by Crippen LogP contribution is -2.25. The highest BCUT2D eigenvalue weighted by molar-refractivity contribution is 5.34. The average Bonchev–Trinajstić information content (AvgIpc) is 3.25. The second-order valence-corrected chi connectivity index (χ2v) is 5.22. The Hall–Kier alpha value is -1.40. The highest BCUT2D eigenvalue weighted by Gasteiger charge is 2.41. The van der Waals surface area contributed by atoms with Crippen molar-refractivity contribution in [2.45, 2.75) is 25.8 Å². The minimum atomic E-state index is 0.409. The van der Waals surface area contributed by atoms with E-state index in [4.69, 9.17) is 14.2 Å². The van der Waals surface area contributed by atoms with Gasteiger partial charge in [0.15, 0.2) is 0 Å². The third-order valence-electron chi connectivity index (χ3n) is 3.85. The van der Waals surface area contributed by atoms with Gasteiger partial charge in [-0.1, -0.05) is 0 Å². The van der Waals surface area contributed by atoms with Gasteiger partial charge in [0.25, 0.3) is 0 Å². The summed E-state index contributed by atoms with van der Waals surface area (Å²) in [6.45, 7) is 2.43. The number of methoxy groups -OCH3 is 3. The van der Waals surface area contributed by atoms with E-state index in [-0.39, 0.29) is 0 Å². The molecule has 6 nitrogen and oxygen atoms in total. The van der Waals surface area contributed by atoms with E-state index in [0.29, 0.717) is 23.7 Å². The fourth-order valence-electron chi connectivity index (χ4n) is 2.35. The molecule has 1 aromatic rings. The summed E-state index contributed by atoms with van der Waals surface area (Å²) in [5.74, 6) is 1.12. The Balaban J connectivity index is 1.91. The lowest BCUT2D eigenvalue weighted by atomic mass is 10.0. The first-order chi connectivity index (χ1) is 9.74. The van der Waals surface area contributed by atoms with Gasteiger partial charge in [-0.15, -0.1) is 0 Å². The van der Waals surface area contributed by atoms with Crippen LogP contribution in [0.4, 0.5) is 0 Å². The van der Waals surface area contributed by atoms with Crippen molar-refractivity contribution in [3.05, 3.63) is 11.9 Å². The average molecular weight is 281 g/mol. The van der Waals surface area contributed by atoms with Gasteiger partial charge in [-0.3, -0.25) is 0 Å². The first-order valence-corrected chi connectivity index (χ1v) is 6.86. The van der Waals surface area contributed by atoms with Crippen molar-refractivity contribution in [1.82, 2.24) is 15.3 Å². The molecule has 0 atom stereocenters. The smallest absolute Gasteiger partial charge is 0.224 e. The molecule has 1 N–H and O–H groups in total. The highest BCUT2D eigenvalue weighted by Crippen LogP contribution is 2.48. The molecule has 1 heterocycles. The molecule has 0 spiro atoms. The van der Waals surface area contributed by atoms with E-state index in [1.807, 2.05) is 0 Å². The van der Waals surface area contributed by atoms with E-state index in [2.05, 4.69) is 15.3 Å². The fraction of sp³-hybridized carbons (Fsp3) is 0.714. The topological polar surface area (TPSA) is 65.5 Å². The molecule has 0 unspecified atom stereocenters. The Morgan fingerprint density at radius 1 is 1.15 bits per heavy atom. The van der Waals surface area contributed by atoms with Gasteiger partial charge in [0, 0.05) is 26.8 Å². The van der Waals surface area contributed by atoms with Crippen LogP contribution in [0.25, 0.3) is 0 Å². The zero-order valence-corrected chi connectivity index (χ0v) is 12.4. The van der Waals surface area contributed by atoms with Crippen LogP contribution in [0, 0.1) is 5.41 Å². The SMILES string of the molecule is COCCC1(CNCc2c(OC)ncnc2OC)CC1. The van der Waals surface area contributed by atoms with E-state index in [9.17, 15) is 0 Å². The number of nitrogens with one attached hydrogen (secondary N) is 1. The summed E-state index contributed by atoms with van der Waals surface area (Å²) in [5, 5.41) is 3.47. The molecule has 112 valence electrons. The minimum absolute atomic E-state index is 0.409. The van der Waals surface area contributed by atoms with Crippen LogP contribution in [0.2, 0.25) is 0 Å². The molecule has 2 rings (SSSR count). The first kappa shape index (κ1) is 15.0. The van der Waals surface area contributed by atoms with E-state index in [1.54, 1.807) is 21.3 Å². The van der Waals surface area contributed by atoms with Crippen LogP contribution in [0.15, 0.2) is 6.33 Å². The Bertz CT molecular complexity index is 413. The summed E-state index contributed by atoms with van der Waals surface area (Å²) in [7, 11) is 4.96. The summed E-state index contributed by atoms with van der Waals surface area (Å²) in [4.78, 5) is 8.23. The molecule has 0 saturated heterocycles. The van der Waals surface area contributed by atoms with Gasteiger partial charge in [-0.25, -0.2) is 9.97 Å². The quantitative estimate of drug-likeness (QED) is 0.738. The summed E-state index contributed by atoms with van der Waals surface area (Å²) >= 11 is 0.